The van der Waals surface area contributed by atoms with Crippen LogP contribution in [-0.2, 0) is 0 Å². The fourth-order valence-corrected chi connectivity index (χ4v) is 2.11. The van der Waals surface area contributed by atoms with Crippen LogP contribution >= 0.6 is 8.58 Å². The third kappa shape index (κ3) is 2.74. The Morgan fingerprint density at radius 2 is 1.93 bits per heavy atom. The van der Waals surface area contributed by atoms with Crippen LogP contribution in [0.25, 0.3) is 0 Å². The number of aromatic nitrogens is 2. The molecule has 0 aliphatic rings. The summed E-state index contributed by atoms with van der Waals surface area (Å²) >= 11 is 0. The van der Waals surface area contributed by atoms with Gasteiger partial charge in [-0.05, 0) is 26.8 Å². The van der Waals surface area contributed by atoms with E-state index in [1.807, 2.05) is 30.3 Å². The Morgan fingerprint density at radius 1 is 1.07 bits per heavy atom. The number of pyridine rings is 2. The van der Waals surface area contributed by atoms with Crippen molar-refractivity contribution >= 4 is 19.5 Å². The Kier molecular flexibility index (Phi) is 3.25. The summed E-state index contributed by atoms with van der Waals surface area (Å²) in [5.41, 5.74) is 2.03. The second kappa shape index (κ2) is 4.85. The van der Waals surface area contributed by atoms with Gasteiger partial charge < -0.3 is 4.74 Å². The first-order chi connectivity index (χ1) is 7.38. The second-order valence-corrected chi connectivity index (χ2v) is 4.20. The summed E-state index contributed by atoms with van der Waals surface area (Å²) in [5, 5.41) is 0. The molecule has 2 aromatic heterocycles. The van der Waals surface area contributed by atoms with Crippen molar-refractivity contribution in [3.05, 3.63) is 42.7 Å². The fourth-order valence-electron chi connectivity index (χ4n) is 1.17. The predicted octanol–water partition coefficient (Wildman–Crippen LogP) is 1.11. The molecule has 76 valence electrons. The normalized spacial score (nSPS) is 10.7. The highest BCUT2D eigenvalue weighted by molar-refractivity contribution is 7.54. The summed E-state index contributed by atoms with van der Waals surface area (Å²) in [4.78, 5) is 8.54. The standard InChI is InChI=1S/C11H11N2OP/c1-14-9-5-7-13-11(8-9)15-10-4-2-3-6-12-10/h2-8,15H,1H3. The van der Waals surface area contributed by atoms with Crippen molar-refractivity contribution in [1.29, 1.82) is 0 Å². The van der Waals surface area contributed by atoms with E-state index < -0.39 is 0 Å². The van der Waals surface area contributed by atoms with E-state index in [9.17, 15) is 0 Å². The number of nitrogens with zero attached hydrogens (tertiary/aromatic N) is 2. The van der Waals surface area contributed by atoms with Crippen LogP contribution in [-0.4, -0.2) is 17.1 Å². The van der Waals surface area contributed by atoms with Gasteiger partial charge in [-0.25, -0.2) is 0 Å². The van der Waals surface area contributed by atoms with Crippen molar-refractivity contribution in [3.63, 3.8) is 0 Å². The van der Waals surface area contributed by atoms with Gasteiger partial charge in [-0.3, -0.25) is 9.97 Å². The molecule has 1 atom stereocenters. The molecule has 0 aliphatic carbocycles. The van der Waals surface area contributed by atoms with Crippen LogP contribution in [0.5, 0.6) is 5.75 Å². The quantitative estimate of drug-likeness (QED) is 0.724. The molecule has 2 aromatic rings. The van der Waals surface area contributed by atoms with E-state index in [4.69, 9.17) is 4.74 Å². The average Bonchev–Trinajstić information content (AvgIpc) is 2.31. The molecular weight excluding hydrogens is 207 g/mol. The van der Waals surface area contributed by atoms with Crippen molar-refractivity contribution in [1.82, 2.24) is 9.97 Å². The molecule has 2 heterocycles. The van der Waals surface area contributed by atoms with E-state index in [0.717, 1.165) is 16.6 Å². The summed E-state index contributed by atoms with van der Waals surface area (Å²) in [6.07, 6.45) is 3.55. The number of methoxy groups -OCH3 is 1. The van der Waals surface area contributed by atoms with Crippen LogP contribution in [0.1, 0.15) is 0 Å². The number of hydrogen-bond acceptors (Lipinski definition) is 3. The third-order valence-corrected chi connectivity index (χ3v) is 2.97. The van der Waals surface area contributed by atoms with Crippen molar-refractivity contribution in [2.45, 2.75) is 0 Å². The summed E-state index contributed by atoms with van der Waals surface area (Å²) < 4.78 is 5.14. The van der Waals surface area contributed by atoms with E-state index in [1.165, 1.54) is 0 Å². The molecular formula is C11H11N2OP. The fraction of sp³-hybridized carbons (Fsp3) is 0.0909. The van der Waals surface area contributed by atoms with Gasteiger partial charge in [0.2, 0.25) is 0 Å². The van der Waals surface area contributed by atoms with Gasteiger partial charge in [0.05, 0.1) is 18.0 Å². The highest BCUT2D eigenvalue weighted by Gasteiger charge is 1.99. The third-order valence-electron chi connectivity index (χ3n) is 1.89. The van der Waals surface area contributed by atoms with E-state index in [2.05, 4.69) is 9.97 Å². The molecule has 0 saturated heterocycles. The maximum atomic E-state index is 5.14. The monoisotopic (exact) mass is 218 g/mol. The van der Waals surface area contributed by atoms with E-state index in [-0.39, 0.29) is 0 Å². The molecule has 0 amide bonds. The predicted molar refractivity (Wildman–Crippen MR) is 62.6 cm³/mol. The lowest BCUT2D eigenvalue weighted by molar-refractivity contribution is 0.414. The van der Waals surface area contributed by atoms with Gasteiger partial charge in [0, 0.05) is 18.5 Å². The van der Waals surface area contributed by atoms with E-state index in [1.54, 1.807) is 19.5 Å². The highest BCUT2D eigenvalue weighted by atomic mass is 31.1. The van der Waals surface area contributed by atoms with Gasteiger partial charge in [0.1, 0.15) is 5.75 Å². The minimum atomic E-state index is 0.474. The number of hydrogen-bond donors (Lipinski definition) is 0. The molecule has 0 saturated carbocycles. The maximum absolute atomic E-state index is 5.14. The van der Waals surface area contributed by atoms with Crippen LogP contribution in [0.4, 0.5) is 0 Å². The zero-order valence-corrected chi connectivity index (χ0v) is 9.34. The molecule has 0 aliphatic heterocycles. The first-order valence-corrected chi connectivity index (χ1v) is 5.56. The van der Waals surface area contributed by atoms with Gasteiger partial charge in [0.25, 0.3) is 0 Å². The van der Waals surface area contributed by atoms with Crippen molar-refractivity contribution < 1.29 is 4.74 Å². The Balaban J connectivity index is 2.17. The minimum absolute atomic E-state index is 0.474. The smallest absolute Gasteiger partial charge is 0.122 e. The van der Waals surface area contributed by atoms with E-state index in [0.29, 0.717) is 8.58 Å². The lowest BCUT2D eigenvalue weighted by atomic mass is 10.5. The molecule has 0 spiro atoms. The first-order valence-electron chi connectivity index (χ1n) is 4.56. The molecule has 4 heteroatoms. The molecule has 0 fully saturated rings. The molecule has 15 heavy (non-hydrogen) atoms. The Hall–Kier alpha value is -1.47. The van der Waals surface area contributed by atoms with Crippen LogP contribution in [0.15, 0.2) is 42.7 Å². The highest BCUT2D eigenvalue weighted by Crippen LogP contribution is 2.11. The van der Waals surface area contributed by atoms with Crippen LogP contribution in [0, 0.1) is 0 Å². The SMILES string of the molecule is COc1ccnc(Pc2ccccn2)c1. The first kappa shape index (κ1) is 10.1. The maximum Gasteiger partial charge on any atom is 0.122 e. The Morgan fingerprint density at radius 3 is 2.67 bits per heavy atom. The molecule has 1 unspecified atom stereocenters. The van der Waals surface area contributed by atoms with Gasteiger partial charge in [-0.15, -0.1) is 0 Å². The minimum Gasteiger partial charge on any atom is -0.497 e. The summed E-state index contributed by atoms with van der Waals surface area (Å²) in [7, 11) is 2.13. The second-order valence-electron chi connectivity index (χ2n) is 2.92. The largest absolute Gasteiger partial charge is 0.497 e. The van der Waals surface area contributed by atoms with E-state index >= 15 is 0 Å². The topological polar surface area (TPSA) is 35.0 Å². The zero-order valence-electron chi connectivity index (χ0n) is 8.34. The average molecular weight is 218 g/mol. The van der Waals surface area contributed by atoms with Gasteiger partial charge in [-0.2, -0.15) is 0 Å². The Labute approximate surface area is 90.3 Å². The van der Waals surface area contributed by atoms with Crippen molar-refractivity contribution in [2.75, 3.05) is 7.11 Å². The molecule has 0 aromatic carbocycles. The molecule has 3 nitrogen and oxygen atoms in total. The summed E-state index contributed by atoms with van der Waals surface area (Å²) in [5.74, 6) is 0.837. The lowest BCUT2D eigenvalue weighted by Crippen LogP contribution is -2.09. The molecule has 0 bridgehead atoms. The van der Waals surface area contributed by atoms with Gasteiger partial charge >= 0.3 is 0 Å². The van der Waals surface area contributed by atoms with Gasteiger partial charge in [-0.1, -0.05) is 6.07 Å². The van der Waals surface area contributed by atoms with Crippen LogP contribution < -0.4 is 15.6 Å². The molecule has 2 rings (SSSR count). The molecule has 0 radical (unpaired) electrons. The molecule has 0 N–H and O–H groups in total. The van der Waals surface area contributed by atoms with Crippen molar-refractivity contribution in [2.24, 2.45) is 0 Å². The van der Waals surface area contributed by atoms with Crippen LogP contribution in [0.2, 0.25) is 0 Å². The summed E-state index contributed by atoms with van der Waals surface area (Å²) in [6.45, 7) is 0. The lowest BCUT2D eigenvalue weighted by Gasteiger charge is -2.02. The van der Waals surface area contributed by atoms with Crippen molar-refractivity contribution in [3.8, 4) is 5.75 Å². The summed E-state index contributed by atoms with van der Waals surface area (Å²) in [6, 6.07) is 9.67. The Bertz CT molecular complexity index is 434. The zero-order chi connectivity index (χ0) is 10.5. The number of ether oxygens (including phenoxy) is 1. The number of rotatable bonds is 3. The van der Waals surface area contributed by atoms with Crippen LogP contribution in [0.3, 0.4) is 0 Å². The van der Waals surface area contributed by atoms with Gasteiger partial charge in [0.15, 0.2) is 0 Å².